The Hall–Kier alpha value is -2.82. The van der Waals surface area contributed by atoms with Crippen LogP contribution in [0.3, 0.4) is 0 Å². The number of nitrogens with one attached hydrogen (secondary N) is 1. The smallest absolute Gasteiger partial charge is 0.306 e. The summed E-state index contributed by atoms with van der Waals surface area (Å²) in [5.74, 6) is 0.643. The van der Waals surface area contributed by atoms with E-state index in [1.165, 1.54) is 5.56 Å². The standard InChI is InChI=1S/C18H19NO4/c1-3-18(21)22-12-17(20)19-14-6-10-16(11-7-14)23-15-8-4-13(2)5-9-15/h4-11H,3,12H2,1-2H3,(H,19,20). The van der Waals surface area contributed by atoms with Gasteiger partial charge in [0.2, 0.25) is 0 Å². The molecule has 1 amide bonds. The Balaban J connectivity index is 1.87. The van der Waals surface area contributed by atoms with Crippen molar-refractivity contribution in [1.82, 2.24) is 0 Å². The van der Waals surface area contributed by atoms with E-state index in [1.807, 2.05) is 31.2 Å². The third-order valence-electron chi connectivity index (χ3n) is 3.05. The third-order valence-corrected chi connectivity index (χ3v) is 3.05. The minimum Gasteiger partial charge on any atom is -0.457 e. The van der Waals surface area contributed by atoms with Gasteiger partial charge in [0.25, 0.3) is 5.91 Å². The molecule has 0 aromatic heterocycles. The normalized spacial score (nSPS) is 10.0. The zero-order valence-corrected chi connectivity index (χ0v) is 13.2. The van der Waals surface area contributed by atoms with Gasteiger partial charge in [-0.05, 0) is 43.3 Å². The number of benzene rings is 2. The Morgan fingerprint density at radius 3 is 2.09 bits per heavy atom. The Kier molecular flexibility index (Phi) is 5.74. The van der Waals surface area contributed by atoms with E-state index in [1.54, 1.807) is 31.2 Å². The first-order valence-electron chi connectivity index (χ1n) is 7.37. The lowest BCUT2D eigenvalue weighted by Gasteiger charge is -2.08. The molecule has 23 heavy (non-hydrogen) atoms. The van der Waals surface area contributed by atoms with Crippen molar-refractivity contribution in [3.8, 4) is 11.5 Å². The minimum absolute atomic E-state index is 0.248. The Morgan fingerprint density at radius 1 is 0.957 bits per heavy atom. The average Bonchev–Trinajstić information content (AvgIpc) is 2.56. The van der Waals surface area contributed by atoms with Gasteiger partial charge in [-0.1, -0.05) is 24.6 Å². The van der Waals surface area contributed by atoms with Crippen LogP contribution < -0.4 is 10.1 Å². The highest BCUT2D eigenvalue weighted by Crippen LogP contribution is 2.23. The molecule has 1 N–H and O–H groups in total. The monoisotopic (exact) mass is 313 g/mol. The van der Waals surface area contributed by atoms with Gasteiger partial charge in [0.1, 0.15) is 11.5 Å². The molecule has 5 heteroatoms. The van der Waals surface area contributed by atoms with Gasteiger partial charge in [0.05, 0.1) is 0 Å². The Morgan fingerprint density at radius 2 is 1.52 bits per heavy atom. The zero-order valence-electron chi connectivity index (χ0n) is 13.2. The van der Waals surface area contributed by atoms with Crippen LogP contribution in [0.15, 0.2) is 48.5 Å². The quantitative estimate of drug-likeness (QED) is 0.826. The fourth-order valence-electron chi connectivity index (χ4n) is 1.79. The molecule has 0 saturated carbocycles. The highest BCUT2D eigenvalue weighted by Gasteiger charge is 2.06. The van der Waals surface area contributed by atoms with E-state index in [9.17, 15) is 9.59 Å². The van der Waals surface area contributed by atoms with Gasteiger partial charge in [-0.15, -0.1) is 0 Å². The van der Waals surface area contributed by atoms with Gasteiger partial charge in [-0.25, -0.2) is 0 Å². The Labute approximate surface area is 135 Å². The maximum absolute atomic E-state index is 11.6. The summed E-state index contributed by atoms with van der Waals surface area (Å²) in [5, 5.41) is 2.65. The number of ether oxygens (including phenoxy) is 2. The topological polar surface area (TPSA) is 64.6 Å². The van der Waals surface area contributed by atoms with E-state index < -0.39 is 5.97 Å². The maximum Gasteiger partial charge on any atom is 0.306 e. The first kappa shape index (κ1) is 16.5. The van der Waals surface area contributed by atoms with Crippen molar-refractivity contribution in [3.05, 3.63) is 54.1 Å². The molecule has 0 fully saturated rings. The van der Waals surface area contributed by atoms with Crippen molar-refractivity contribution in [2.24, 2.45) is 0 Å². The summed E-state index contributed by atoms with van der Waals surface area (Å²) in [6.45, 7) is 3.40. The van der Waals surface area contributed by atoms with Crippen molar-refractivity contribution in [2.45, 2.75) is 20.3 Å². The van der Waals surface area contributed by atoms with Crippen LogP contribution in [0.2, 0.25) is 0 Å². The van der Waals surface area contributed by atoms with Crippen molar-refractivity contribution in [2.75, 3.05) is 11.9 Å². The van der Waals surface area contributed by atoms with E-state index in [-0.39, 0.29) is 18.9 Å². The van der Waals surface area contributed by atoms with Crippen molar-refractivity contribution in [3.63, 3.8) is 0 Å². The summed E-state index contributed by atoms with van der Waals surface area (Å²) in [5.41, 5.74) is 1.78. The van der Waals surface area contributed by atoms with Crippen LogP contribution in [0.5, 0.6) is 11.5 Å². The molecule has 0 saturated heterocycles. The molecule has 2 rings (SSSR count). The molecule has 0 heterocycles. The fourth-order valence-corrected chi connectivity index (χ4v) is 1.79. The van der Waals surface area contributed by atoms with Crippen LogP contribution in [-0.2, 0) is 14.3 Å². The highest BCUT2D eigenvalue weighted by atomic mass is 16.5. The van der Waals surface area contributed by atoms with Crippen LogP contribution in [0.1, 0.15) is 18.9 Å². The fraction of sp³-hybridized carbons (Fsp3) is 0.222. The van der Waals surface area contributed by atoms with Gasteiger partial charge < -0.3 is 14.8 Å². The number of carbonyl (C=O) groups is 2. The summed E-state index contributed by atoms with van der Waals surface area (Å²) in [6.07, 6.45) is 0.248. The second-order valence-electron chi connectivity index (χ2n) is 5.00. The SMILES string of the molecule is CCC(=O)OCC(=O)Nc1ccc(Oc2ccc(C)cc2)cc1. The molecule has 0 bridgehead atoms. The lowest BCUT2D eigenvalue weighted by atomic mass is 10.2. The van der Waals surface area contributed by atoms with Crippen LogP contribution in [0.25, 0.3) is 0 Å². The van der Waals surface area contributed by atoms with Crippen LogP contribution >= 0.6 is 0 Å². The number of esters is 1. The van der Waals surface area contributed by atoms with E-state index >= 15 is 0 Å². The summed E-state index contributed by atoms with van der Waals surface area (Å²) in [7, 11) is 0. The maximum atomic E-state index is 11.6. The van der Waals surface area contributed by atoms with E-state index in [0.29, 0.717) is 11.4 Å². The molecule has 2 aromatic carbocycles. The van der Waals surface area contributed by atoms with E-state index in [2.05, 4.69) is 5.32 Å². The van der Waals surface area contributed by atoms with Gasteiger partial charge in [0, 0.05) is 12.1 Å². The molecular formula is C18H19NO4. The lowest BCUT2D eigenvalue weighted by molar-refractivity contribution is -0.146. The first-order chi connectivity index (χ1) is 11.1. The minimum atomic E-state index is -0.401. The summed E-state index contributed by atoms with van der Waals surface area (Å²) in [6, 6.07) is 14.7. The van der Waals surface area contributed by atoms with Crippen molar-refractivity contribution < 1.29 is 19.1 Å². The number of anilines is 1. The Bertz CT molecular complexity index is 662. The van der Waals surface area contributed by atoms with Gasteiger partial charge >= 0.3 is 5.97 Å². The van der Waals surface area contributed by atoms with Gasteiger partial charge in [0.15, 0.2) is 6.61 Å². The summed E-state index contributed by atoms with van der Waals surface area (Å²) in [4.78, 5) is 22.6. The molecule has 0 unspecified atom stereocenters. The number of aryl methyl sites for hydroxylation is 1. The van der Waals surface area contributed by atoms with Crippen LogP contribution in [0, 0.1) is 6.92 Å². The second kappa shape index (κ2) is 7.98. The molecule has 0 atom stereocenters. The number of rotatable bonds is 6. The molecule has 0 spiro atoms. The highest BCUT2D eigenvalue weighted by molar-refractivity contribution is 5.92. The number of hydrogen-bond donors (Lipinski definition) is 1. The third kappa shape index (κ3) is 5.47. The van der Waals surface area contributed by atoms with Crippen LogP contribution in [-0.4, -0.2) is 18.5 Å². The molecule has 0 aliphatic rings. The van der Waals surface area contributed by atoms with E-state index in [0.717, 1.165) is 5.75 Å². The molecule has 120 valence electrons. The van der Waals surface area contributed by atoms with Crippen molar-refractivity contribution >= 4 is 17.6 Å². The second-order valence-corrected chi connectivity index (χ2v) is 5.00. The lowest BCUT2D eigenvalue weighted by Crippen LogP contribution is -2.20. The predicted molar refractivity (Wildman–Crippen MR) is 87.6 cm³/mol. The zero-order chi connectivity index (χ0) is 16.7. The molecule has 2 aromatic rings. The largest absolute Gasteiger partial charge is 0.457 e. The molecule has 0 radical (unpaired) electrons. The number of hydrogen-bond acceptors (Lipinski definition) is 4. The average molecular weight is 313 g/mol. The van der Waals surface area contributed by atoms with Gasteiger partial charge in [-0.3, -0.25) is 9.59 Å². The summed E-state index contributed by atoms with van der Waals surface area (Å²) < 4.78 is 10.5. The predicted octanol–water partition coefficient (Wildman–Crippen LogP) is 3.68. The molecular weight excluding hydrogens is 294 g/mol. The number of carbonyl (C=O) groups excluding carboxylic acids is 2. The van der Waals surface area contributed by atoms with E-state index in [4.69, 9.17) is 9.47 Å². The van der Waals surface area contributed by atoms with Crippen LogP contribution in [0.4, 0.5) is 5.69 Å². The first-order valence-corrected chi connectivity index (χ1v) is 7.37. The van der Waals surface area contributed by atoms with Gasteiger partial charge in [-0.2, -0.15) is 0 Å². The van der Waals surface area contributed by atoms with Crippen molar-refractivity contribution in [1.29, 1.82) is 0 Å². The summed E-state index contributed by atoms with van der Waals surface area (Å²) >= 11 is 0. The number of amides is 1. The molecule has 0 aliphatic carbocycles. The molecule has 0 aliphatic heterocycles. The molecule has 5 nitrogen and oxygen atoms in total.